The molecule has 7 heteroatoms. The Bertz CT molecular complexity index is 1370. The molecular formula is C20H20ClFeN3O2. The number of carbonyl (C=O) groups is 2. The number of nitrogens with one attached hydrogen (secondary N) is 1. The molecule has 10 fully saturated rings. The molecule has 10 aliphatic heterocycles. The Balaban J connectivity index is 0.000000215. The zero-order valence-electron chi connectivity index (χ0n) is 14.4. The van der Waals surface area contributed by atoms with Gasteiger partial charge in [0.1, 0.15) is 0 Å². The molecule has 2 amide bonds. The summed E-state index contributed by atoms with van der Waals surface area (Å²) in [5.41, 5.74) is 7.20. The van der Waals surface area contributed by atoms with E-state index in [0.717, 1.165) is 20.2 Å². The van der Waals surface area contributed by atoms with Gasteiger partial charge in [0.15, 0.2) is 0 Å². The fourth-order valence-corrected chi connectivity index (χ4v) is 91.7. The first-order valence-electron chi connectivity index (χ1n) is 9.66. The predicted octanol–water partition coefficient (Wildman–Crippen LogP) is 4.21. The Morgan fingerprint density at radius 1 is 1.00 bits per heavy atom. The maximum absolute atomic E-state index is 13.4. The molecule has 27 heavy (non-hydrogen) atoms. The number of rotatable bonds is 3. The second-order valence-corrected chi connectivity index (χ2v) is 36.4. The Morgan fingerprint density at radius 2 is 1.48 bits per heavy atom. The van der Waals surface area contributed by atoms with Crippen LogP contribution in [0.2, 0.25) is 52.7 Å². The standard InChI is InChI=1S/C14H10ClO.C5H5.CH5N3O.Fe/c15-13-8-5-11(6-9-13)7-10-14(16)12-3-1-2-4-12;1-2-4-5-3-1;2-1(5)4-3;/h1-10H;1-5H;3H2,(H3,2,4,5);. The van der Waals surface area contributed by atoms with Crippen molar-refractivity contribution in [1.29, 1.82) is 0 Å². The Hall–Kier alpha value is -1.33. The van der Waals surface area contributed by atoms with Gasteiger partial charge in [0, 0.05) is 0 Å². The van der Waals surface area contributed by atoms with Gasteiger partial charge in [-0.25, -0.2) is 10.6 Å². The summed E-state index contributed by atoms with van der Waals surface area (Å²) in [4.78, 5) is 33.5. The summed E-state index contributed by atoms with van der Waals surface area (Å²) in [6, 6.07) is 7.15. The third kappa shape index (κ3) is 0.230. The monoisotopic (exact) mass is 425 g/mol. The van der Waals surface area contributed by atoms with Gasteiger partial charge in [0.25, 0.3) is 0 Å². The third-order valence-electron chi connectivity index (χ3n) is 16.5. The van der Waals surface area contributed by atoms with Gasteiger partial charge in [-0.2, -0.15) is 0 Å². The van der Waals surface area contributed by atoms with E-state index >= 15 is 0 Å². The van der Waals surface area contributed by atoms with Crippen LogP contribution in [0, 0.1) is 0 Å². The van der Waals surface area contributed by atoms with Crippen molar-refractivity contribution in [3.05, 3.63) is 40.9 Å². The Labute approximate surface area is 151 Å². The van der Waals surface area contributed by atoms with Crippen LogP contribution in [0.25, 0.3) is 6.08 Å². The summed E-state index contributed by atoms with van der Waals surface area (Å²) in [7, 11) is 0. The van der Waals surface area contributed by atoms with Crippen molar-refractivity contribution in [3.8, 4) is 0 Å². The van der Waals surface area contributed by atoms with Crippen molar-refractivity contribution in [2.75, 3.05) is 0 Å². The van der Waals surface area contributed by atoms with E-state index in [4.69, 9.17) is 11.6 Å². The molecule has 1 aromatic rings. The number of hydrazine groups is 1. The van der Waals surface area contributed by atoms with Gasteiger partial charge in [-0.1, -0.05) is 0 Å². The molecule has 0 saturated carbocycles. The zero-order chi connectivity index (χ0) is 18.3. The average molecular weight is 426 g/mol. The van der Waals surface area contributed by atoms with Crippen LogP contribution in [-0.4, -0.2) is 11.8 Å². The zero-order valence-corrected chi connectivity index (χ0v) is 16.2. The summed E-state index contributed by atoms with van der Waals surface area (Å²) < 4.78 is 0.377. The van der Waals surface area contributed by atoms with Crippen LogP contribution < -0.4 is 17.0 Å². The Morgan fingerprint density at radius 3 is 1.81 bits per heavy atom. The summed E-state index contributed by atoms with van der Waals surface area (Å²) in [5, 5.41) is 0.764. The third-order valence-corrected chi connectivity index (χ3v) is 59.1. The molecule has 0 bridgehead atoms. The molecule has 0 radical (unpaired) electrons. The molecule has 0 aromatic heterocycles. The SMILES string of the molecule is NNC(N)=O.O=C(C=Cc1ccc(Cl)cc1)[C]12[CH]3[CH]4[CH]5[CH]1[Fe]45321678[CH]2[CH]1[CH]6[CH]7[CH]28. The van der Waals surface area contributed by atoms with Crippen LogP contribution in [0.1, 0.15) is 5.56 Å². The van der Waals surface area contributed by atoms with Crippen LogP contribution in [0.4, 0.5) is 4.79 Å². The number of primary amides is 1. The normalized spacial score (nSPS) is 78.5. The molecule has 10 saturated heterocycles. The number of ketones is 1. The predicted molar refractivity (Wildman–Crippen MR) is 98.8 cm³/mol. The van der Waals surface area contributed by atoms with Gasteiger partial charge in [-0.3, -0.25) is 5.43 Å². The second-order valence-electron chi connectivity index (χ2n) is 12.4. The van der Waals surface area contributed by atoms with Crippen LogP contribution in [0.3, 0.4) is 0 Å². The fraction of sp³-hybridized carbons (Fsp3) is 0.500. The number of hydrogen-bond donors (Lipinski definition) is 3. The van der Waals surface area contributed by atoms with Crippen LogP contribution in [-0.2, 0) is 11.3 Å². The fourth-order valence-electron chi connectivity index (χ4n) is 17.7. The summed E-state index contributed by atoms with van der Waals surface area (Å²) in [5.74, 6) is 5.05. The van der Waals surface area contributed by atoms with E-state index in [-0.39, 0.29) is 0 Å². The van der Waals surface area contributed by atoms with Crippen molar-refractivity contribution >= 4 is 29.5 Å². The number of urea groups is 1. The minimum atomic E-state index is -3.22. The van der Waals surface area contributed by atoms with E-state index in [9.17, 15) is 9.59 Å². The van der Waals surface area contributed by atoms with Crippen molar-refractivity contribution in [2.24, 2.45) is 11.6 Å². The quantitative estimate of drug-likeness (QED) is 0.222. The van der Waals surface area contributed by atoms with Gasteiger partial charge in [-0.15, -0.1) is 0 Å². The van der Waals surface area contributed by atoms with Gasteiger partial charge in [0.05, 0.1) is 0 Å². The molecule has 4 atom stereocenters. The van der Waals surface area contributed by atoms with E-state index in [2.05, 4.69) is 17.7 Å². The maximum atomic E-state index is 13.4. The van der Waals surface area contributed by atoms with E-state index in [1.54, 1.807) is 5.43 Å². The Kier molecular flexibility index (Phi) is 0.727. The molecule has 5 nitrogen and oxygen atoms in total. The summed E-state index contributed by atoms with van der Waals surface area (Å²) >= 11 is 5.95. The summed E-state index contributed by atoms with van der Waals surface area (Å²) in [6.07, 6.45) is 4.05. The van der Waals surface area contributed by atoms with Gasteiger partial charge >= 0.3 is 129 Å². The molecule has 10 heterocycles. The number of nitrogens with two attached hydrogens (primary N) is 2. The van der Waals surface area contributed by atoms with E-state index in [1.807, 2.05) is 30.3 Å². The van der Waals surface area contributed by atoms with Crippen LogP contribution >= 0.6 is 11.6 Å². The number of amides is 2. The van der Waals surface area contributed by atoms with Gasteiger partial charge in [-0.05, 0) is 0 Å². The topological polar surface area (TPSA) is 98.2 Å². The number of fused-ring (bicyclic) bond motifs is 10. The number of allylic oxidation sites excluding steroid dienone is 1. The van der Waals surface area contributed by atoms with Crippen molar-refractivity contribution in [3.63, 3.8) is 0 Å². The molecule has 5 N–H and O–H groups in total. The minimum absolute atomic E-state index is 0.377. The van der Waals surface area contributed by atoms with E-state index in [1.165, 1.54) is 33.7 Å². The van der Waals surface area contributed by atoms with Gasteiger partial charge in [0.2, 0.25) is 0 Å². The number of carbonyl (C=O) groups excluding carboxylic acids is 2. The average Bonchev–Trinajstić information content (AvgIpc) is 3.60. The molecule has 1 spiro atoms. The number of halogens is 1. The molecule has 11 rings (SSSR count). The number of hydrogen-bond acceptors (Lipinski definition) is 3. The van der Waals surface area contributed by atoms with E-state index < -0.39 is 12.5 Å². The molecule has 142 valence electrons. The second kappa shape index (κ2) is 1.51. The first-order valence-corrected chi connectivity index (χ1v) is 16.3. The van der Waals surface area contributed by atoms with Crippen LogP contribution in [0.5, 0.6) is 0 Å². The van der Waals surface area contributed by atoms with Crippen molar-refractivity contribution < 1.29 is 16.1 Å². The van der Waals surface area contributed by atoms with Crippen molar-refractivity contribution in [1.82, 2.24) is 5.43 Å². The molecule has 1 aromatic carbocycles. The number of benzene rings is 1. The molecule has 4 unspecified atom stereocenters. The van der Waals surface area contributed by atoms with Crippen LogP contribution in [0.15, 0.2) is 30.3 Å². The van der Waals surface area contributed by atoms with Gasteiger partial charge < -0.3 is 5.73 Å². The van der Waals surface area contributed by atoms with Crippen molar-refractivity contribution in [2.45, 2.75) is 47.7 Å². The molecule has 0 aliphatic carbocycles. The summed E-state index contributed by atoms with van der Waals surface area (Å²) in [6.45, 7) is -3.22. The molecule has 10 aliphatic rings. The first kappa shape index (κ1) is 13.0. The molecular weight excluding hydrogens is 406 g/mol. The first-order chi connectivity index (χ1) is 12.7. The van der Waals surface area contributed by atoms with E-state index in [0.29, 0.717) is 10.1 Å².